The molecule has 1 saturated heterocycles. The average Bonchev–Trinajstić information content (AvgIpc) is 3.23. The zero-order valence-corrected chi connectivity index (χ0v) is 16.2. The molecule has 1 unspecified atom stereocenters. The van der Waals surface area contributed by atoms with E-state index in [1.807, 2.05) is 49.1 Å². The van der Waals surface area contributed by atoms with Gasteiger partial charge in [-0.05, 0) is 38.8 Å². The van der Waals surface area contributed by atoms with Crippen LogP contribution in [0.1, 0.15) is 54.6 Å². The van der Waals surface area contributed by atoms with Crippen LogP contribution < -0.4 is 0 Å². The Kier molecular flexibility index (Phi) is 5.23. The zero-order chi connectivity index (χ0) is 19.5. The van der Waals surface area contributed by atoms with Crippen molar-refractivity contribution in [1.29, 1.82) is 0 Å². The Morgan fingerprint density at radius 2 is 1.96 bits per heavy atom. The summed E-state index contributed by atoms with van der Waals surface area (Å²) in [6.07, 6.45) is 4.19. The van der Waals surface area contributed by atoms with E-state index in [0.717, 1.165) is 42.5 Å². The Morgan fingerprint density at radius 1 is 1.14 bits per heavy atom. The summed E-state index contributed by atoms with van der Waals surface area (Å²) in [5.41, 5.74) is 2.51. The first-order chi connectivity index (χ1) is 13.6. The van der Waals surface area contributed by atoms with Gasteiger partial charge in [-0.1, -0.05) is 36.2 Å². The van der Waals surface area contributed by atoms with Gasteiger partial charge in [0.2, 0.25) is 17.7 Å². The highest BCUT2D eigenvalue weighted by Gasteiger charge is 2.31. The average molecular weight is 380 g/mol. The van der Waals surface area contributed by atoms with E-state index in [1.54, 1.807) is 0 Å². The number of aryl methyl sites for hydroxylation is 2. The van der Waals surface area contributed by atoms with Crippen LogP contribution in [0.5, 0.6) is 0 Å². The van der Waals surface area contributed by atoms with Crippen molar-refractivity contribution in [2.75, 3.05) is 6.54 Å². The van der Waals surface area contributed by atoms with E-state index >= 15 is 0 Å². The second-order valence-corrected chi connectivity index (χ2v) is 7.24. The number of carbonyl (C=O) groups excluding carboxylic acids is 1. The maximum atomic E-state index is 13.1. The summed E-state index contributed by atoms with van der Waals surface area (Å²) in [5, 5.41) is 12.5. The van der Waals surface area contributed by atoms with Crippen LogP contribution in [0.15, 0.2) is 39.3 Å². The van der Waals surface area contributed by atoms with E-state index in [-0.39, 0.29) is 18.4 Å². The summed E-state index contributed by atoms with van der Waals surface area (Å²) in [7, 11) is 0. The molecular formula is C21H24N4O3. The minimum absolute atomic E-state index is 0.0424. The first-order valence-electron chi connectivity index (χ1n) is 9.73. The lowest BCUT2D eigenvalue weighted by molar-refractivity contribution is -0.133. The van der Waals surface area contributed by atoms with Gasteiger partial charge in [-0.25, -0.2) is 0 Å². The Balaban J connectivity index is 1.59. The number of rotatable bonds is 4. The zero-order valence-electron chi connectivity index (χ0n) is 16.2. The van der Waals surface area contributed by atoms with Crippen LogP contribution in [0.4, 0.5) is 0 Å². The summed E-state index contributed by atoms with van der Waals surface area (Å²) in [4.78, 5) is 15.0. The quantitative estimate of drug-likeness (QED) is 0.679. The molecule has 0 spiro atoms. The first-order valence-corrected chi connectivity index (χ1v) is 9.73. The third-order valence-electron chi connectivity index (χ3n) is 5.33. The minimum atomic E-state index is -0.194. The number of likely N-dealkylation sites (tertiary alicyclic amines) is 1. The van der Waals surface area contributed by atoms with Gasteiger partial charge in [-0.3, -0.25) is 4.79 Å². The SMILES string of the molecule is Cc1noc(C)c1CC(=O)N1CCCCCC1c1nnc(-c2ccccc2)o1. The molecule has 1 aliphatic rings. The lowest BCUT2D eigenvalue weighted by atomic mass is 10.1. The van der Waals surface area contributed by atoms with E-state index in [0.29, 0.717) is 24.1 Å². The maximum absolute atomic E-state index is 13.1. The fraction of sp³-hybridized carbons (Fsp3) is 0.429. The number of benzene rings is 1. The van der Waals surface area contributed by atoms with Crippen LogP contribution in [0, 0.1) is 13.8 Å². The monoisotopic (exact) mass is 380 g/mol. The highest BCUT2D eigenvalue weighted by Crippen LogP contribution is 2.32. The van der Waals surface area contributed by atoms with Gasteiger partial charge in [0.25, 0.3) is 0 Å². The van der Waals surface area contributed by atoms with E-state index in [2.05, 4.69) is 15.4 Å². The molecule has 0 N–H and O–H groups in total. The highest BCUT2D eigenvalue weighted by atomic mass is 16.5. The number of aromatic nitrogens is 3. The third kappa shape index (κ3) is 3.69. The third-order valence-corrected chi connectivity index (χ3v) is 5.33. The molecule has 1 aliphatic heterocycles. The largest absolute Gasteiger partial charge is 0.418 e. The molecule has 1 amide bonds. The molecule has 1 aromatic carbocycles. The van der Waals surface area contributed by atoms with Gasteiger partial charge in [-0.2, -0.15) is 0 Å². The molecule has 7 nitrogen and oxygen atoms in total. The van der Waals surface area contributed by atoms with Crippen molar-refractivity contribution < 1.29 is 13.7 Å². The van der Waals surface area contributed by atoms with Crippen molar-refractivity contribution in [3.63, 3.8) is 0 Å². The molecular weight excluding hydrogens is 356 g/mol. The van der Waals surface area contributed by atoms with Crippen molar-refractivity contribution in [3.05, 3.63) is 53.2 Å². The van der Waals surface area contributed by atoms with Gasteiger partial charge in [0, 0.05) is 17.7 Å². The molecule has 7 heteroatoms. The summed E-state index contributed by atoms with van der Waals surface area (Å²) in [6, 6.07) is 9.49. The number of hydrogen-bond donors (Lipinski definition) is 0. The van der Waals surface area contributed by atoms with Crippen LogP contribution in [-0.4, -0.2) is 32.7 Å². The lowest BCUT2D eigenvalue weighted by Gasteiger charge is -2.27. The van der Waals surface area contributed by atoms with Crippen LogP contribution in [-0.2, 0) is 11.2 Å². The second kappa shape index (κ2) is 7.96. The number of carbonyl (C=O) groups is 1. The van der Waals surface area contributed by atoms with Gasteiger partial charge in [0.15, 0.2) is 0 Å². The predicted molar refractivity (Wildman–Crippen MR) is 102 cm³/mol. The molecule has 1 fully saturated rings. The molecule has 0 radical (unpaired) electrons. The molecule has 146 valence electrons. The summed E-state index contributed by atoms with van der Waals surface area (Å²) >= 11 is 0. The fourth-order valence-corrected chi connectivity index (χ4v) is 3.74. The Morgan fingerprint density at radius 3 is 2.71 bits per heavy atom. The molecule has 0 aliphatic carbocycles. The first kappa shape index (κ1) is 18.4. The number of nitrogens with zero attached hydrogens (tertiary/aromatic N) is 4. The molecule has 28 heavy (non-hydrogen) atoms. The molecule has 1 atom stereocenters. The topological polar surface area (TPSA) is 85.3 Å². The van der Waals surface area contributed by atoms with Gasteiger partial charge >= 0.3 is 0 Å². The van der Waals surface area contributed by atoms with Crippen LogP contribution in [0.3, 0.4) is 0 Å². The van der Waals surface area contributed by atoms with Crippen molar-refractivity contribution in [1.82, 2.24) is 20.3 Å². The molecule has 0 bridgehead atoms. The van der Waals surface area contributed by atoms with Gasteiger partial charge in [0.1, 0.15) is 11.8 Å². The minimum Gasteiger partial charge on any atom is -0.418 e. The van der Waals surface area contributed by atoms with Crippen molar-refractivity contribution in [2.45, 2.75) is 52.0 Å². The standard InChI is InChI=1S/C21H24N4O3/c1-14-17(15(2)28-24-14)13-19(26)25-12-8-4-7-11-18(25)21-23-22-20(27-21)16-9-5-3-6-10-16/h3,5-6,9-10,18H,4,7-8,11-13H2,1-2H3. The van der Waals surface area contributed by atoms with E-state index < -0.39 is 0 Å². The summed E-state index contributed by atoms with van der Waals surface area (Å²) in [5.74, 6) is 1.73. The van der Waals surface area contributed by atoms with Crippen LogP contribution in [0.25, 0.3) is 11.5 Å². The van der Waals surface area contributed by atoms with Gasteiger partial charge in [-0.15, -0.1) is 10.2 Å². The molecule has 4 rings (SSSR count). The van der Waals surface area contributed by atoms with Crippen LogP contribution >= 0.6 is 0 Å². The smallest absolute Gasteiger partial charge is 0.247 e. The van der Waals surface area contributed by atoms with Crippen molar-refractivity contribution >= 4 is 5.91 Å². The summed E-state index contributed by atoms with van der Waals surface area (Å²) in [6.45, 7) is 4.39. The predicted octanol–water partition coefficient (Wildman–Crippen LogP) is 4.03. The lowest BCUT2D eigenvalue weighted by Crippen LogP contribution is -2.36. The number of hydrogen-bond acceptors (Lipinski definition) is 6. The second-order valence-electron chi connectivity index (χ2n) is 7.24. The summed E-state index contributed by atoms with van der Waals surface area (Å²) < 4.78 is 11.2. The normalized spacial score (nSPS) is 17.5. The molecule has 3 aromatic rings. The number of amides is 1. The highest BCUT2D eigenvalue weighted by molar-refractivity contribution is 5.79. The maximum Gasteiger partial charge on any atom is 0.247 e. The van der Waals surface area contributed by atoms with E-state index in [9.17, 15) is 4.79 Å². The van der Waals surface area contributed by atoms with Gasteiger partial charge in [0.05, 0.1) is 12.1 Å². The Labute approximate surface area is 163 Å². The molecule has 3 heterocycles. The van der Waals surface area contributed by atoms with E-state index in [4.69, 9.17) is 8.94 Å². The van der Waals surface area contributed by atoms with E-state index in [1.165, 1.54) is 0 Å². The van der Waals surface area contributed by atoms with Crippen molar-refractivity contribution in [2.24, 2.45) is 0 Å². The fourth-order valence-electron chi connectivity index (χ4n) is 3.74. The Bertz CT molecular complexity index is 928. The Hall–Kier alpha value is -2.96. The molecule has 0 saturated carbocycles. The molecule has 2 aromatic heterocycles. The van der Waals surface area contributed by atoms with Gasteiger partial charge < -0.3 is 13.8 Å². The van der Waals surface area contributed by atoms with Crippen molar-refractivity contribution in [3.8, 4) is 11.5 Å². The van der Waals surface area contributed by atoms with Crippen LogP contribution in [0.2, 0.25) is 0 Å².